The highest BCUT2D eigenvalue weighted by Gasteiger charge is 2.32. The molecule has 2 rings (SSSR count). The molecule has 1 aliphatic carbocycles. The second kappa shape index (κ2) is 7.69. The number of carbonyl (C=O) groups is 2. The molecule has 0 aliphatic heterocycles. The molecule has 0 radical (unpaired) electrons. The number of nitrogens with zero attached hydrogens (tertiary/aromatic N) is 1. The van der Waals surface area contributed by atoms with E-state index >= 15 is 0 Å². The van der Waals surface area contributed by atoms with Crippen LogP contribution in [0.3, 0.4) is 0 Å². The van der Waals surface area contributed by atoms with Gasteiger partial charge in [-0.2, -0.15) is 0 Å². The zero-order valence-electron chi connectivity index (χ0n) is 14.0. The summed E-state index contributed by atoms with van der Waals surface area (Å²) in [5, 5.41) is 0. The molecule has 0 spiro atoms. The highest BCUT2D eigenvalue weighted by Crippen LogP contribution is 2.35. The zero-order chi connectivity index (χ0) is 17.7. The molecule has 0 bridgehead atoms. The van der Waals surface area contributed by atoms with Gasteiger partial charge >= 0.3 is 12.1 Å². The third-order valence-electron chi connectivity index (χ3n) is 3.86. The van der Waals surface area contributed by atoms with Crippen LogP contribution in [0.1, 0.15) is 37.4 Å². The van der Waals surface area contributed by atoms with E-state index in [4.69, 9.17) is 15.9 Å². The number of esters is 1. The van der Waals surface area contributed by atoms with Crippen LogP contribution in [0, 0.1) is 12.3 Å². The summed E-state index contributed by atoms with van der Waals surface area (Å²) in [6, 6.07) is 7.83. The maximum Gasteiger partial charge on any atom is 0.414 e. The Labute approximate surface area is 142 Å². The Morgan fingerprint density at radius 3 is 2.79 bits per heavy atom. The highest BCUT2D eigenvalue weighted by molar-refractivity contribution is 5.87. The number of terminal acetylenes is 1. The van der Waals surface area contributed by atoms with E-state index in [-0.39, 0.29) is 18.2 Å². The summed E-state index contributed by atoms with van der Waals surface area (Å²) in [6.07, 6.45) is 5.47. The number of benzene rings is 1. The second-order valence-corrected chi connectivity index (χ2v) is 5.72. The smallest absolute Gasteiger partial charge is 0.414 e. The van der Waals surface area contributed by atoms with Gasteiger partial charge in [0.2, 0.25) is 6.29 Å². The lowest BCUT2D eigenvalue weighted by molar-refractivity contribution is -0.161. The summed E-state index contributed by atoms with van der Waals surface area (Å²) in [4.78, 5) is 25.5. The largest absolute Gasteiger partial charge is 0.422 e. The van der Waals surface area contributed by atoms with Crippen molar-refractivity contribution in [1.82, 2.24) is 4.90 Å². The molecular weight excluding hydrogens is 306 g/mol. The highest BCUT2D eigenvalue weighted by atomic mass is 16.7. The van der Waals surface area contributed by atoms with Crippen LogP contribution in [-0.4, -0.2) is 29.8 Å². The SMILES string of the molecule is C#CCN(C(=O)OC(C)OC(=O)C(=C)C)C1CCc2ccccc21. The number of hydrogen-bond donors (Lipinski definition) is 0. The maximum atomic E-state index is 12.5. The third-order valence-corrected chi connectivity index (χ3v) is 3.86. The van der Waals surface area contributed by atoms with Crippen LogP contribution >= 0.6 is 0 Å². The number of amides is 1. The van der Waals surface area contributed by atoms with Crippen LogP contribution in [0.15, 0.2) is 36.4 Å². The molecule has 1 aliphatic rings. The molecule has 0 fully saturated rings. The van der Waals surface area contributed by atoms with E-state index in [1.807, 2.05) is 24.3 Å². The third kappa shape index (κ3) is 3.96. The molecule has 1 aromatic carbocycles. The van der Waals surface area contributed by atoms with Crippen LogP contribution in [0.2, 0.25) is 0 Å². The van der Waals surface area contributed by atoms with Crippen LogP contribution < -0.4 is 0 Å². The quantitative estimate of drug-likeness (QED) is 0.361. The van der Waals surface area contributed by atoms with Crippen molar-refractivity contribution in [3.63, 3.8) is 0 Å². The molecule has 0 N–H and O–H groups in total. The fourth-order valence-corrected chi connectivity index (χ4v) is 2.74. The molecule has 0 heterocycles. The molecule has 0 saturated carbocycles. The van der Waals surface area contributed by atoms with Gasteiger partial charge in [0, 0.05) is 12.5 Å². The Morgan fingerprint density at radius 2 is 2.12 bits per heavy atom. The van der Waals surface area contributed by atoms with Gasteiger partial charge in [-0.15, -0.1) is 6.42 Å². The molecule has 2 unspecified atom stereocenters. The van der Waals surface area contributed by atoms with Gasteiger partial charge in [-0.1, -0.05) is 36.8 Å². The minimum Gasteiger partial charge on any atom is -0.422 e. The van der Waals surface area contributed by atoms with E-state index in [0.717, 1.165) is 18.4 Å². The normalized spacial score (nSPS) is 16.5. The molecule has 0 aromatic heterocycles. The molecule has 2 atom stereocenters. The Kier molecular flexibility index (Phi) is 5.64. The van der Waals surface area contributed by atoms with Crippen molar-refractivity contribution < 1.29 is 19.1 Å². The van der Waals surface area contributed by atoms with E-state index in [0.29, 0.717) is 0 Å². The molecule has 5 heteroatoms. The fraction of sp³-hybridized carbons (Fsp3) is 0.368. The van der Waals surface area contributed by atoms with E-state index in [1.54, 1.807) is 0 Å². The standard InChI is InChI=1S/C19H21NO4/c1-5-12-20(17-11-10-15-8-6-7-9-16(15)17)19(22)24-14(4)23-18(21)13(2)3/h1,6-9,14,17H,2,10-12H2,3-4H3. The molecule has 0 saturated heterocycles. The van der Waals surface area contributed by atoms with Crippen molar-refractivity contribution in [1.29, 1.82) is 0 Å². The van der Waals surface area contributed by atoms with E-state index in [2.05, 4.69) is 12.5 Å². The number of hydrogen-bond acceptors (Lipinski definition) is 4. The van der Waals surface area contributed by atoms with E-state index in [9.17, 15) is 9.59 Å². The van der Waals surface area contributed by atoms with Crippen LogP contribution in [0.5, 0.6) is 0 Å². The summed E-state index contributed by atoms with van der Waals surface area (Å²) < 4.78 is 10.2. The average Bonchev–Trinajstić information content (AvgIpc) is 2.96. The van der Waals surface area contributed by atoms with Crippen molar-refractivity contribution in [2.45, 2.75) is 39.0 Å². The summed E-state index contributed by atoms with van der Waals surface area (Å²) in [5.41, 5.74) is 2.53. The van der Waals surface area contributed by atoms with Crippen molar-refractivity contribution in [3.8, 4) is 12.3 Å². The van der Waals surface area contributed by atoms with Gasteiger partial charge in [0.15, 0.2) is 0 Å². The topological polar surface area (TPSA) is 55.8 Å². The van der Waals surface area contributed by atoms with Gasteiger partial charge in [-0.3, -0.25) is 4.90 Å². The first kappa shape index (κ1) is 17.6. The number of rotatable bonds is 5. The second-order valence-electron chi connectivity index (χ2n) is 5.72. The minimum atomic E-state index is -1.02. The summed E-state index contributed by atoms with van der Waals surface area (Å²) >= 11 is 0. The molecule has 1 amide bonds. The summed E-state index contributed by atoms with van der Waals surface area (Å²) in [5.74, 6) is 1.89. The van der Waals surface area contributed by atoms with Gasteiger partial charge in [0.05, 0.1) is 12.6 Å². The minimum absolute atomic E-state index is 0.124. The number of aryl methyl sites for hydroxylation is 1. The first-order valence-electron chi connectivity index (χ1n) is 7.79. The van der Waals surface area contributed by atoms with Gasteiger partial charge in [0.1, 0.15) is 0 Å². The number of carbonyl (C=O) groups excluding carboxylic acids is 2. The van der Waals surface area contributed by atoms with Gasteiger partial charge in [0.25, 0.3) is 0 Å². The summed E-state index contributed by atoms with van der Waals surface area (Å²) in [7, 11) is 0. The van der Waals surface area contributed by atoms with Gasteiger partial charge in [-0.25, -0.2) is 9.59 Å². The lowest BCUT2D eigenvalue weighted by Gasteiger charge is -2.28. The molecule has 126 valence electrons. The van der Waals surface area contributed by atoms with Crippen LogP contribution in [0.4, 0.5) is 4.79 Å². The first-order chi connectivity index (χ1) is 11.4. The van der Waals surface area contributed by atoms with E-state index in [1.165, 1.54) is 24.3 Å². The fourth-order valence-electron chi connectivity index (χ4n) is 2.74. The Bertz CT molecular complexity index is 689. The van der Waals surface area contributed by atoms with Gasteiger partial charge in [-0.05, 0) is 30.9 Å². The average molecular weight is 327 g/mol. The zero-order valence-corrected chi connectivity index (χ0v) is 14.0. The van der Waals surface area contributed by atoms with Crippen molar-refractivity contribution in [3.05, 3.63) is 47.5 Å². The monoisotopic (exact) mass is 327 g/mol. The van der Waals surface area contributed by atoms with Crippen molar-refractivity contribution >= 4 is 12.1 Å². The van der Waals surface area contributed by atoms with Crippen molar-refractivity contribution in [2.24, 2.45) is 0 Å². The molecule has 5 nitrogen and oxygen atoms in total. The molecular formula is C19H21NO4. The maximum absolute atomic E-state index is 12.5. The Morgan fingerprint density at radius 1 is 1.42 bits per heavy atom. The Hall–Kier alpha value is -2.74. The van der Waals surface area contributed by atoms with E-state index < -0.39 is 18.4 Å². The Balaban J connectivity index is 2.08. The predicted octanol–water partition coefficient (Wildman–Crippen LogP) is 3.21. The first-order valence-corrected chi connectivity index (χ1v) is 7.79. The van der Waals surface area contributed by atoms with Crippen molar-refractivity contribution in [2.75, 3.05) is 6.54 Å². The lowest BCUT2D eigenvalue weighted by atomic mass is 10.1. The summed E-state index contributed by atoms with van der Waals surface area (Å²) in [6.45, 7) is 6.62. The number of fused-ring (bicyclic) bond motifs is 1. The predicted molar refractivity (Wildman–Crippen MR) is 89.9 cm³/mol. The van der Waals surface area contributed by atoms with Gasteiger partial charge < -0.3 is 9.47 Å². The van der Waals surface area contributed by atoms with Crippen LogP contribution in [0.25, 0.3) is 0 Å². The molecule has 24 heavy (non-hydrogen) atoms. The molecule has 1 aromatic rings. The number of ether oxygens (including phenoxy) is 2. The van der Waals surface area contributed by atoms with Crippen LogP contribution in [-0.2, 0) is 20.7 Å². The lowest BCUT2D eigenvalue weighted by Crippen LogP contribution is -2.37.